The van der Waals surface area contributed by atoms with E-state index in [1.807, 2.05) is 18.2 Å². The fourth-order valence-corrected chi connectivity index (χ4v) is 2.18. The zero-order valence-corrected chi connectivity index (χ0v) is 12.7. The van der Waals surface area contributed by atoms with Crippen molar-refractivity contribution in [3.8, 4) is 0 Å². The number of aromatic nitrogens is 2. The molecule has 2 amide bonds. The lowest BCUT2D eigenvalue weighted by Gasteiger charge is -2.30. The van der Waals surface area contributed by atoms with Crippen LogP contribution in [0.5, 0.6) is 0 Å². The summed E-state index contributed by atoms with van der Waals surface area (Å²) < 4.78 is 1.58. The van der Waals surface area contributed by atoms with Crippen molar-refractivity contribution in [3.63, 3.8) is 0 Å². The molecule has 1 aliphatic heterocycles. The number of nitrogens with one attached hydrogen (secondary N) is 2. The molecule has 0 bridgehead atoms. The molecule has 2 aromatic rings. The van der Waals surface area contributed by atoms with Gasteiger partial charge in [0.1, 0.15) is 6.04 Å². The molecular weight excluding hydrogens is 296 g/mol. The van der Waals surface area contributed by atoms with Gasteiger partial charge >= 0.3 is 0 Å². The number of aryl methyl sites for hydroxylation is 1. The molecule has 1 aromatic heterocycles. The Bertz CT molecular complexity index is 767. The van der Waals surface area contributed by atoms with Gasteiger partial charge in [0.2, 0.25) is 5.84 Å². The Labute approximate surface area is 132 Å². The van der Waals surface area contributed by atoms with E-state index in [1.54, 1.807) is 37.0 Å². The first-order valence-corrected chi connectivity index (χ1v) is 7.08. The van der Waals surface area contributed by atoms with Crippen LogP contribution in [0.25, 0.3) is 0 Å². The molecule has 0 unspecified atom stereocenters. The molecule has 0 spiro atoms. The van der Waals surface area contributed by atoms with E-state index in [0.717, 1.165) is 0 Å². The number of para-hydroxylation sites is 1. The van der Waals surface area contributed by atoms with Crippen molar-refractivity contribution in [1.82, 2.24) is 15.2 Å². The first-order chi connectivity index (χ1) is 11.0. The maximum absolute atomic E-state index is 12.3. The topological polar surface area (TPSA) is 91.6 Å². The summed E-state index contributed by atoms with van der Waals surface area (Å²) in [7, 11) is 1.75. The van der Waals surface area contributed by atoms with Crippen molar-refractivity contribution in [3.05, 3.63) is 42.7 Å². The largest absolute Gasteiger partial charge is 0.317 e. The second kappa shape index (κ2) is 5.91. The van der Waals surface area contributed by atoms with Gasteiger partial charge in [-0.3, -0.25) is 19.7 Å². The third kappa shape index (κ3) is 3.05. The Hall–Kier alpha value is -3.16. The molecule has 2 heterocycles. The summed E-state index contributed by atoms with van der Waals surface area (Å²) in [6, 6.07) is 8.39. The zero-order chi connectivity index (χ0) is 16.4. The maximum Gasteiger partial charge on any atom is 0.292 e. The summed E-state index contributed by atoms with van der Waals surface area (Å²) in [5.41, 5.74) is 3.97. The van der Waals surface area contributed by atoms with Gasteiger partial charge in [-0.2, -0.15) is 5.10 Å². The van der Waals surface area contributed by atoms with Crippen LogP contribution < -0.4 is 15.8 Å². The lowest BCUT2D eigenvalue weighted by molar-refractivity contribution is -0.120. The number of anilines is 2. The van der Waals surface area contributed by atoms with Crippen molar-refractivity contribution in [2.75, 3.05) is 10.3 Å². The smallest absolute Gasteiger partial charge is 0.292 e. The lowest BCUT2D eigenvalue weighted by atomic mass is 10.2. The minimum Gasteiger partial charge on any atom is -0.317 e. The highest BCUT2D eigenvalue weighted by Crippen LogP contribution is 2.16. The molecular formula is C15H16N6O2. The minimum atomic E-state index is -0.647. The number of nitrogens with zero attached hydrogens (tertiary/aromatic N) is 4. The van der Waals surface area contributed by atoms with E-state index in [-0.39, 0.29) is 11.7 Å². The van der Waals surface area contributed by atoms with Crippen molar-refractivity contribution in [2.45, 2.75) is 13.0 Å². The summed E-state index contributed by atoms with van der Waals surface area (Å²) in [5.74, 6) is -0.586. The van der Waals surface area contributed by atoms with Crippen LogP contribution in [0.3, 0.4) is 0 Å². The van der Waals surface area contributed by atoms with Crippen LogP contribution >= 0.6 is 0 Å². The number of carbonyl (C=O) groups is 2. The van der Waals surface area contributed by atoms with Crippen molar-refractivity contribution >= 4 is 29.0 Å². The number of amidine groups is 1. The minimum absolute atomic E-state index is 0.0739. The normalized spacial score (nSPS) is 17.5. The van der Waals surface area contributed by atoms with E-state index >= 15 is 0 Å². The van der Waals surface area contributed by atoms with Crippen LogP contribution in [0, 0.1) is 0 Å². The summed E-state index contributed by atoms with van der Waals surface area (Å²) >= 11 is 0. The highest BCUT2D eigenvalue weighted by molar-refractivity contribution is 6.43. The standard InChI is InChI=1S/C15H16N6O2/c1-10-15(23)21(12-6-4-3-5-7-12)19-13(17-10)14(22)18-11-8-16-20(2)9-11/h3-10H,1-2H3,(H,17,19)(H,18,22)/t10-/m1/s1. The average Bonchev–Trinajstić information content (AvgIpc) is 2.95. The van der Waals surface area contributed by atoms with E-state index in [2.05, 4.69) is 20.8 Å². The molecule has 1 atom stereocenters. The van der Waals surface area contributed by atoms with Crippen LogP contribution in [0.4, 0.5) is 11.4 Å². The molecule has 0 fully saturated rings. The molecule has 3 rings (SSSR count). The molecule has 0 saturated carbocycles. The van der Waals surface area contributed by atoms with Gasteiger partial charge in [0.05, 0.1) is 17.6 Å². The number of rotatable bonds is 3. The van der Waals surface area contributed by atoms with Crippen LogP contribution in [0.2, 0.25) is 0 Å². The van der Waals surface area contributed by atoms with Crippen LogP contribution in [-0.4, -0.2) is 33.5 Å². The van der Waals surface area contributed by atoms with Gasteiger partial charge < -0.3 is 5.32 Å². The quantitative estimate of drug-likeness (QED) is 0.872. The van der Waals surface area contributed by atoms with Gasteiger partial charge in [-0.05, 0) is 19.1 Å². The van der Waals surface area contributed by atoms with E-state index in [0.29, 0.717) is 11.4 Å². The number of carbonyl (C=O) groups excluding carboxylic acids is 2. The van der Waals surface area contributed by atoms with Crippen LogP contribution in [0.1, 0.15) is 6.92 Å². The summed E-state index contributed by atoms with van der Waals surface area (Å²) in [4.78, 5) is 28.7. The van der Waals surface area contributed by atoms with E-state index in [4.69, 9.17) is 0 Å². The third-order valence-electron chi connectivity index (χ3n) is 3.31. The number of hydrazine groups is 1. The molecule has 1 aromatic carbocycles. The fourth-order valence-electron chi connectivity index (χ4n) is 2.18. The van der Waals surface area contributed by atoms with Gasteiger partial charge in [0.25, 0.3) is 11.8 Å². The second-order valence-electron chi connectivity index (χ2n) is 5.13. The molecule has 0 saturated heterocycles. The van der Waals surface area contributed by atoms with Crippen LogP contribution in [-0.2, 0) is 16.6 Å². The zero-order valence-electron chi connectivity index (χ0n) is 12.7. The lowest BCUT2D eigenvalue weighted by Crippen LogP contribution is -2.57. The molecule has 2 N–H and O–H groups in total. The van der Waals surface area contributed by atoms with Crippen molar-refractivity contribution in [1.29, 1.82) is 0 Å². The number of hydrogen-bond acceptors (Lipinski definition) is 5. The average molecular weight is 312 g/mol. The third-order valence-corrected chi connectivity index (χ3v) is 3.31. The molecule has 0 radical (unpaired) electrons. The predicted molar refractivity (Wildman–Crippen MR) is 85.8 cm³/mol. The second-order valence-corrected chi connectivity index (χ2v) is 5.13. The summed E-state index contributed by atoms with van der Waals surface area (Å²) in [5, 5.41) is 8.00. The molecule has 118 valence electrons. The van der Waals surface area contributed by atoms with Gasteiger partial charge in [0, 0.05) is 13.2 Å². The Morgan fingerprint density at radius 1 is 1.30 bits per heavy atom. The number of aliphatic imine (C=N–C) groups is 1. The molecule has 1 aliphatic rings. The highest BCUT2D eigenvalue weighted by atomic mass is 16.2. The number of benzene rings is 1. The Kier molecular flexibility index (Phi) is 3.80. The Morgan fingerprint density at radius 2 is 2.04 bits per heavy atom. The fraction of sp³-hybridized carbons (Fsp3) is 0.200. The maximum atomic E-state index is 12.3. The van der Waals surface area contributed by atoms with E-state index in [1.165, 1.54) is 11.2 Å². The van der Waals surface area contributed by atoms with Crippen molar-refractivity contribution < 1.29 is 9.59 Å². The van der Waals surface area contributed by atoms with Crippen LogP contribution in [0.15, 0.2) is 47.7 Å². The first-order valence-electron chi connectivity index (χ1n) is 7.08. The number of hydrogen-bond donors (Lipinski definition) is 2. The monoisotopic (exact) mass is 312 g/mol. The van der Waals surface area contributed by atoms with Gasteiger partial charge in [-0.25, -0.2) is 10.0 Å². The van der Waals surface area contributed by atoms with E-state index < -0.39 is 11.9 Å². The molecule has 8 nitrogen and oxygen atoms in total. The highest BCUT2D eigenvalue weighted by Gasteiger charge is 2.30. The predicted octanol–water partition coefficient (Wildman–Crippen LogP) is 0.697. The Balaban J connectivity index is 1.81. The summed E-state index contributed by atoms with van der Waals surface area (Å²) in [6.45, 7) is 1.65. The first kappa shape index (κ1) is 14.8. The molecule has 23 heavy (non-hydrogen) atoms. The van der Waals surface area contributed by atoms with Crippen molar-refractivity contribution in [2.24, 2.45) is 12.0 Å². The van der Waals surface area contributed by atoms with Gasteiger partial charge in [0.15, 0.2) is 0 Å². The number of amides is 2. The van der Waals surface area contributed by atoms with Gasteiger partial charge in [-0.15, -0.1) is 0 Å². The van der Waals surface area contributed by atoms with Gasteiger partial charge in [-0.1, -0.05) is 18.2 Å². The summed E-state index contributed by atoms with van der Waals surface area (Å²) in [6.07, 6.45) is 3.20. The molecule has 8 heteroatoms. The Morgan fingerprint density at radius 3 is 2.70 bits per heavy atom. The molecule has 0 aliphatic carbocycles. The van der Waals surface area contributed by atoms with E-state index in [9.17, 15) is 9.59 Å². The SMILES string of the molecule is C[C@H]1N=C(C(=O)Nc2cnn(C)c2)NN(c2ccccc2)C1=O.